The van der Waals surface area contributed by atoms with E-state index in [2.05, 4.69) is 4.98 Å². The lowest BCUT2D eigenvalue weighted by atomic mass is 10.1. The predicted octanol–water partition coefficient (Wildman–Crippen LogP) is 5.31. The van der Waals surface area contributed by atoms with E-state index in [1.54, 1.807) is 29.3 Å². The summed E-state index contributed by atoms with van der Waals surface area (Å²) in [6, 6.07) is 21.5. The number of halogens is 1. The van der Waals surface area contributed by atoms with Crippen LogP contribution < -0.4 is 4.90 Å². The number of ketones is 1. The molecular weight excluding hydrogens is 445 g/mol. The first-order chi connectivity index (χ1) is 17.0. The van der Waals surface area contributed by atoms with E-state index in [0.717, 1.165) is 5.56 Å². The Bertz CT molecular complexity index is 1380. The van der Waals surface area contributed by atoms with Gasteiger partial charge in [0.05, 0.1) is 17.4 Å². The van der Waals surface area contributed by atoms with Crippen molar-refractivity contribution in [2.45, 2.75) is 6.92 Å². The Morgan fingerprint density at radius 1 is 0.914 bits per heavy atom. The number of carbonyl (C=O) groups excluding carboxylic acids is 2. The van der Waals surface area contributed by atoms with Crippen LogP contribution in [0.3, 0.4) is 0 Å². The molecule has 1 aromatic heterocycles. The van der Waals surface area contributed by atoms with Crippen LogP contribution in [0.2, 0.25) is 0 Å². The largest absolute Gasteiger partial charge is 0.436 e. The predicted molar refractivity (Wildman–Crippen MR) is 132 cm³/mol. The van der Waals surface area contributed by atoms with Crippen LogP contribution in [0, 0.1) is 5.82 Å². The number of oxazole rings is 1. The van der Waals surface area contributed by atoms with E-state index in [0.29, 0.717) is 60.2 Å². The van der Waals surface area contributed by atoms with Crippen molar-refractivity contribution < 1.29 is 18.4 Å². The standard InChI is InChI=1S/C28H24FN3O3/c1-19(33)21-11-12-25(24(29)17-21)31-13-15-32(16-14-31)28(34)23-10-6-5-9-22(23)27-30-18-26(35-27)20-7-3-2-4-8-20/h2-12,17-18H,13-16H2,1H3. The molecule has 4 aromatic rings. The lowest BCUT2D eigenvalue weighted by molar-refractivity contribution is 0.0747. The zero-order valence-electron chi connectivity index (χ0n) is 19.3. The van der Waals surface area contributed by atoms with E-state index in [1.165, 1.54) is 13.0 Å². The molecular formula is C28H24FN3O3. The van der Waals surface area contributed by atoms with Gasteiger partial charge in [0.1, 0.15) is 5.82 Å². The smallest absolute Gasteiger partial charge is 0.254 e. The Labute approximate surface area is 202 Å². The van der Waals surface area contributed by atoms with Crippen molar-refractivity contribution in [2.75, 3.05) is 31.1 Å². The maximum atomic E-state index is 14.6. The van der Waals surface area contributed by atoms with Gasteiger partial charge >= 0.3 is 0 Å². The number of nitrogens with zero attached hydrogens (tertiary/aromatic N) is 3. The molecule has 1 amide bonds. The number of amides is 1. The molecule has 0 saturated carbocycles. The van der Waals surface area contributed by atoms with Gasteiger partial charge in [0.15, 0.2) is 11.5 Å². The second kappa shape index (κ2) is 9.54. The van der Waals surface area contributed by atoms with E-state index in [9.17, 15) is 14.0 Å². The molecule has 1 aliphatic heterocycles. The van der Waals surface area contributed by atoms with Crippen LogP contribution >= 0.6 is 0 Å². The molecule has 176 valence electrons. The fraction of sp³-hybridized carbons (Fsp3) is 0.179. The summed E-state index contributed by atoms with van der Waals surface area (Å²) < 4.78 is 20.6. The highest BCUT2D eigenvalue weighted by Crippen LogP contribution is 2.29. The van der Waals surface area contributed by atoms with Crippen LogP contribution in [-0.2, 0) is 0 Å². The summed E-state index contributed by atoms with van der Waals surface area (Å²) in [4.78, 5) is 33.0. The minimum atomic E-state index is -0.430. The average molecular weight is 470 g/mol. The van der Waals surface area contributed by atoms with Crippen molar-refractivity contribution in [3.8, 4) is 22.8 Å². The zero-order chi connectivity index (χ0) is 24.4. The summed E-state index contributed by atoms with van der Waals surface area (Å²) in [5.74, 6) is 0.299. The normalized spacial score (nSPS) is 13.7. The Hall–Kier alpha value is -4.26. The van der Waals surface area contributed by atoms with Gasteiger partial charge in [0.25, 0.3) is 5.91 Å². The first kappa shape index (κ1) is 22.5. The molecule has 35 heavy (non-hydrogen) atoms. The zero-order valence-corrected chi connectivity index (χ0v) is 19.3. The van der Waals surface area contributed by atoms with E-state index in [1.807, 2.05) is 53.4 Å². The lowest BCUT2D eigenvalue weighted by Crippen LogP contribution is -2.49. The summed E-state index contributed by atoms with van der Waals surface area (Å²) in [7, 11) is 0. The summed E-state index contributed by atoms with van der Waals surface area (Å²) in [6.07, 6.45) is 1.66. The van der Waals surface area contributed by atoms with Crippen LogP contribution in [0.15, 0.2) is 83.4 Å². The van der Waals surface area contributed by atoms with Gasteiger partial charge in [-0.05, 0) is 37.3 Å². The third-order valence-corrected chi connectivity index (χ3v) is 6.21. The van der Waals surface area contributed by atoms with Crippen molar-refractivity contribution >= 4 is 17.4 Å². The summed E-state index contributed by atoms with van der Waals surface area (Å²) in [6.45, 7) is 3.28. The number of anilines is 1. The molecule has 1 aliphatic rings. The number of piperazine rings is 1. The molecule has 0 atom stereocenters. The highest BCUT2D eigenvalue weighted by molar-refractivity contribution is 6.00. The maximum absolute atomic E-state index is 14.6. The minimum Gasteiger partial charge on any atom is -0.436 e. The molecule has 0 bridgehead atoms. The van der Waals surface area contributed by atoms with Crippen molar-refractivity contribution in [2.24, 2.45) is 0 Å². The second-order valence-corrected chi connectivity index (χ2v) is 8.44. The van der Waals surface area contributed by atoms with Crippen molar-refractivity contribution in [1.82, 2.24) is 9.88 Å². The molecule has 7 heteroatoms. The Balaban J connectivity index is 1.32. The Morgan fingerprint density at radius 2 is 1.63 bits per heavy atom. The van der Waals surface area contributed by atoms with E-state index < -0.39 is 5.82 Å². The maximum Gasteiger partial charge on any atom is 0.254 e. The summed E-state index contributed by atoms with van der Waals surface area (Å²) in [5, 5.41) is 0. The Kier molecular flexibility index (Phi) is 6.14. The van der Waals surface area contributed by atoms with E-state index in [4.69, 9.17) is 4.42 Å². The number of Topliss-reactive ketones (excluding diaryl/α,β-unsaturated/α-hetero) is 1. The fourth-order valence-corrected chi connectivity index (χ4v) is 4.29. The number of aromatic nitrogens is 1. The number of rotatable bonds is 5. The molecule has 3 aromatic carbocycles. The highest BCUT2D eigenvalue weighted by Gasteiger charge is 2.26. The van der Waals surface area contributed by atoms with Gasteiger partial charge in [0.2, 0.25) is 5.89 Å². The summed E-state index contributed by atoms with van der Waals surface area (Å²) in [5.41, 5.74) is 2.84. The molecule has 0 N–H and O–H groups in total. The molecule has 1 saturated heterocycles. The monoisotopic (exact) mass is 469 g/mol. The average Bonchev–Trinajstić information content (AvgIpc) is 3.39. The van der Waals surface area contributed by atoms with Crippen LogP contribution in [-0.4, -0.2) is 47.8 Å². The molecule has 6 nitrogen and oxygen atoms in total. The molecule has 2 heterocycles. The topological polar surface area (TPSA) is 66.7 Å². The Morgan fingerprint density at radius 3 is 2.34 bits per heavy atom. The van der Waals surface area contributed by atoms with Crippen molar-refractivity contribution in [3.05, 3.63) is 95.9 Å². The van der Waals surface area contributed by atoms with Gasteiger partial charge in [-0.1, -0.05) is 42.5 Å². The molecule has 0 aliphatic carbocycles. The van der Waals surface area contributed by atoms with Gasteiger partial charge in [-0.15, -0.1) is 0 Å². The first-order valence-electron chi connectivity index (χ1n) is 11.5. The molecule has 0 unspecified atom stereocenters. The van der Waals surface area contributed by atoms with Gasteiger partial charge in [-0.25, -0.2) is 9.37 Å². The third kappa shape index (κ3) is 4.57. The summed E-state index contributed by atoms with van der Waals surface area (Å²) >= 11 is 0. The highest BCUT2D eigenvalue weighted by atomic mass is 19.1. The van der Waals surface area contributed by atoms with Crippen LogP contribution in [0.5, 0.6) is 0 Å². The number of carbonyl (C=O) groups is 2. The molecule has 1 fully saturated rings. The van der Waals surface area contributed by atoms with Gasteiger partial charge in [-0.2, -0.15) is 0 Å². The number of benzene rings is 3. The fourth-order valence-electron chi connectivity index (χ4n) is 4.29. The first-order valence-corrected chi connectivity index (χ1v) is 11.5. The SMILES string of the molecule is CC(=O)c1ccc(N2CCN(C(=O)c3ccccc3-c3ncc(-c4ccccc4)o3)CC2)c(F)c1. The van der Waals surface area contributed by atoms with Gasteiger partial charge in [-0.3, -0.25) is 9.59 Å². The van der Waals surface area contributed by atoms with E-state index in [-0.39, 0.29) is 11.7 Å². The van der Waals surface area contributed by atoms with Crippen LogP contribution in [0.1, 0.15) is 27.6 Å². The lowest BCUT2D eigenvalue weighted by Gasteiger charge is -2.36. The quantitative estimate of drug-likeness (QED) is 0.371. The van der Waals surface area contributed by atoms with Gasteiger partial charge in [0, 0.05) is 42.9 Å². The van der Waals surface area contributed by atoms with Crippen LogP contribution in [0.4, 0.5) is 10.1 Å². The number of hydrogen-bond donors (Lipinski definition) is 0. The minimum absolute atomic E-state index is 0.118. The van der Waals surface area contributed by atoms with Crippen LogP contribution in [0.25, 0.3) is 22.8 Å². The molecule has 5 rings (SSSR count). The van der Waals surface area contributed by atoms with E-state index >= 15 is 0 Å². The van der Waals surface area contributed by atoms with Gasteiger partial charge < -0.3 is 14.2 Å². The molecule has 0 spiro atoms. The van der Waals surface area contributed by atoms with Crippen molar-refractivity contribution in [1.29, 1.82) is 0 Å². The second-order valence-electron chi connectivity index (χ2n) is 8.44. The number of hydrogen-bond acceptors (Lipinski definition) is 5. The molecule has 0 radical (unpaired) electrons. The third-order valence-electron chi connectivity index (χ3n) is 6.21. The van der Waals surface area contributed by atoms with Crippen molar-refractivity contribution in [3.63, 3.8) is 0 Å².